The molecule has 3 aliphatic rings. The summed E-state index contributed by atoms with van der Waals surface area (Å²) in [4.78, 5) is 36.4. The van der Waals surface area contributed by atoms with Gasteiger partial charge >= 0.3 is 11.9 Å². The zero-order valence-electron chi connectivity index (χ0n) is 14.2. The molecule has 6 heteroatoms. The largest absolute Gasteiger partial charge is 0.482 e. The highest BCUT2D eigenvalue weighted by molar-refractivity contribution is 5.97. The lowest BCUT2D eigenvalue weighted by Crippen LogP contribution is -2.37. The third kappa shape index (κ3) is 3.04. The fraction of sp³-hybridized carbons (Fsp3) is 0.421. The third-order valence-corrected chi connectivity index (χ3v) is 4.84. The summed E-state index contributed by atoms with van der Waals surface area (Å²) >= 11 is 0. The highest BCUT2D eigenvalue weighted by Gasteiger charge is 2.48. The van der Waals surface area contributed by atoms with E-state index in [1.807, 2.05) is 0 Å². The molecule has 0 N–H and O–H groups in total. The van der Waals surface area contributed by atoms with Gasteiger partial charge in [-0.2, -0.15) is 0 Å². The summed E-state index contributed by atoms with van der Waals surface area (Å²) in [5.74, 6) is -1.35. The van der Waals surface area contributed by atoms with Gasteiger partial charge in [-0.3, -0.25) is 4.79 Å². The van der Waals surface area contributed by atoms with Crippen LogP contribution in [0.15, 0.2) is 47.8 Å². The molecule has 2 fully saturated rings. The molecular weight excluding hydrogens is 324 g/mol. The summed E-state index contributed by atoms with van der Waals surface area (Å²) in [6.07, 6.45) is 1.39. The van der Waals surface area contributed by atoms with Crippen LogP contribution in [0.1, 0.15) is 26.7 Å². The van der Waals surface area contributed by atoms with Gasteiger partial charge in [0, 0.05) is 30.1 Å². The van der Waals surface area contributed by atoms with E-state index in [4.69, 9.17) is 14.2 Å². The van der Waals surface area contributed by atoms with Crippen molar-refractivity contribution in [1.82, 2.24) is 0 Å². The van der Waals surface area contributed by atoms with Crippen molar-refractivity contribution in [3.63, 3.8) is 0 Å². The quantitative estimate of drug-likeness (QED) is 0.564. The average Bonchev–Trinajstić information content (AvgIpc) is 3.07. The van der Waals surface area contributed by atoms with Crippen molar-refractivity contribution in [3.05, 3.63) is 47.8 Å². The van der Waals surface area contributed by atoms with E-state index < -0.39 is 36.2 Å². The van der Waals surface area contributed by atoms with Gasteiger partial charge in [0.2, 0.25) is 0 Å². The lowest BCUT2D eigenvalue weighted by atomic mass is 9.84. The second kappa shape index (κ2) is 6.35. The molecule has 0 amide bonds. The van der Waals surface area contributed by atoms with E-state index in [0.29, 0.717) is 16.9 Å². The first-order valence-electron chi connectivity index (χ1n) is 8.15. The molecule has 2 saturated heterocycles. The summed E-state index contributed by atoms with van der Waals surface area (Å²) in [6.45, 7) is 11.1. The number of rotatable bonds is 2. The molecule has 0 spiro atoms. The van der Waals surface area contributed by atoms with Crippen LogP contribution in [0.2, 0.25) is 0 Å². The monoisotopic (exact) mass is 344 g/mol. The zero-order valence-corrected chi connectivity index (χ0v) is 14.2. The standard InChI is InChI=1S/C19H20O6/c1-5-9(2)18(21)24-16-8-14-12(20)7-13(23-14)10(3)6-15-17(16)11(4)19(22)25-15/h5,7,14-17H,3-4,6,8H2,1-2H3/b9-5-/t14-,15-,16-,17+/m1/s1. The zero-order chi connectivity index (χ0) is 18.3. The number of ether oxygens (including phenoxy) is 3. The molecule has 2 bridgehead atoms. The molecule has 0 saturated carbocycles. The topological polar surface area (TPSA) is 78.9 Å². The molecule has 0 radical (unpaired) electrons. The van der Waals surface area contributed by atoms with Crippen molar-refractivity contribution < 1.29 is 28.6 Å². The third-order valence-electron chi connectivity index (χ3n) is 4.84. The Kier molecular flexibility index (Phi) is 4.37. The number of fused-ring (bicyclic) bond motifs is 3. The highest BCUT2D eigenvalue weighted by atomic mass is 16.6. The first kappa shape index (κ1) is 17.2. The first-order chi connectivity index (χ1) is 11.8. The molecule has 4 atom stereocenters. The minimum Gasteiger partial charge on any atom is -0.482 e. The van der Waals surface area contributed by atoms with Crippen molar-refractivity contribution in [2.45, 2.75) is 45.0 Å². The molecule has 0 unspecified atom stereocenters. The Morgan fingerprint density at radius 2 is 2.04 bits per heavy atom. The molecule has 3 aliphatic heterocycles. The molecule has 0 aliphatic carbocycles. The van der Waals surface area contributed by atoms with Crippen LogP contribution in [-0.2, 0) is 28.6 Å². The summed E-state index contributed by atoms with van der Waals surface area (Å²) in [6, 6.07) is 0. The number of esters is 2. The van der Waals surface area contributed by atoms with Crippen molar-refractivity contribution in [3.8, 4) is 0 Å². The average molecular weight is 344 g/mol. The lowest BCUT2D eigenvalue weighted by Gasteiger charge is -2.27. The van der Waals surface area contributed by atoms with Gasteiger partial charge < -0.3 is 14.2 Å². The van der Waals surface area contributed by atoms with E-state index in [2.05, 4.69) is 13.2 Å². The van der Waals surface area contributed by atoms with Gasteiger partial charge in [-0.25, -0.2) is 9.59 Å². The smallest absolute Gasteiger partial charge is 0.334 e. The SMILES string of the molecule is C=C1C[C@H]2OC(=O)C(=C)[C@@H]2[C@H](OC(=O)/C(C)=C\C)C[C@H]2OC1=CC2=O. The van der Waals surface area contributed by atoms with Gasteiger partial charge in [0.1, 0.15) is 18.0 Å². The number of carbonyl (C=O) groups excluding carboxylic acids is 3. The van der Waals surface area contributed by atoms with Crippen molar-refractivity contribution >= 4 is 17.7 Å². The predicted molar refractivity (Wildman–Crippen MR) is 88.2 cm³/mol. The van der Waals surface area contributed by atoms with Gasteiger partial charge in [0.15, 0.2) is 11.9 Å². The predicted octanol–water partition coefficient (Wildman–Crippen LogP) is 2.16. The summed E-state index contributed by atoms with van der Waals surface area (Å²) < 4.78 is 16.7. The number of ketones is 1. The minimum atomic E-state index is -0.766. The summed E-state index contributed by atoms with van der Waals surface area (Å²) in [7, 11) is 0. The number of hydrogen-bond donors (Lipinski definition) is 0. The van der Waals surface area contributed by atoms with Gasteiger partial charge in [0.05, 0.1) is 5.92 Å². The number of hydrogen-bond acceptors (Lipinski definition) is 6. The van der Waals surface area contributed by atoms with Gasteiger partial charge in [-0.15, -0.1) is 0 Å². The van der Waals surface area contributed by atoms with Crippen molar-refractivity contribution in [2.75, 3.05) is 0 Å². The van der Waals surface area contributed by atoms with Crippen LogP contribution in [0.25, 0.3) is 0 Å². The van der Waals surface area contributed by atoms with E-state index in [1.54, 1.807) is 19.9 Å². The van der Waals surface area contributed by atoms with Crippen LogP contribution in [0, 0.1) is 5.92 Å². The van der Waals surface area contributed by atoms with Crippen LogP contribution in [0.3, 0.4) is 0 Å². The van der Waals surface area contributed by atoms with Crippen molar-refractivity contribution in [1.29, 1.82) is 0 Å². The molecule has 6 nitrogen and oxygen atoms in total. The Hall–Kier alpha value is -2.63. The van der Waals surface area contributed by atoms with E-state index in [9.17, 15) is 14.4 Å². The Morgan fingerprint density at radius 1 is 1.32 bits per heavy atom. The van der Waals surface area contributed by atoms with Gasteiger partial charge in [-0.05, 0) is 19.4 Å². The molecule has 25 heavy (non-hydrogen) atoms. The van der Waals surface area contributed by atoms with E-state index in [0.717, 1.165) is 0 Å². The Bertz CT molecular complexity index is 741. The van der Waals surface area contributed by atoms with E-state index in [-0.39, 0.29) is 24.2 Å². The van der Waals surface area contributed by atoms with Crippen LogP contribution in [-0.4, -0.2) is 36.0 Å². The molecular formula is C19H20O6. The molecule has 0 aromatic rings. The van der Waals surface area contributed by atoms with Gasteiger partial charge in [0.25, 0.3) is 0 Å². The number of allylic oxidation sites excluding steroid dienone is 2. The lowest BCUT2D eigenvalue weighted by molar-refractivity contribution is -0.150. The number of carbonyl (C=O) groups is 3. The molecule has 0 aromatic heterocycles. The van der Waals surface area contributed by atoms with Gasteiger partial charge in [-0.1, -0.05) is 19.2 Å². The van der Waals surface area contributed by atoms with Crippen molar-refractivity contribution in [2.24, 2.45) is 5.92 Å². The maximum absolute atomic E-state index is 12.3. The second-order valence-corrected chi connectivity index (χ2v) is 6.47. The Balaban J connectivity index is 1.96. The summed E-state index contributed by atoms with van der Waals surface area (Å²) in [5.41, 5.74) is 1.26. The van der Waals surface area contributed by atoms with Crippen LogP contribution < -0.4 is 0 Å². The molecule has 3 heterocycles. The first-order valence-corrected chi connectivity index (χ1v) is 8.15. The van der Waals surface area contributed by atoms with Crippen LogP contribution in [0.5, 0.6) is 0 Å². The van der Waals surface area contributed by atoms with Crippen LogP contribution in [0.4, 0.5) is 0 Å². The maximum Gasteiger partial charge on any atom is 0.334 e. The fourth-order valence-electron chi connectivity index (χ4n) is 3.27. The minimum absolute atomic E-state index is 0.131. The molecule has 0 aromatic carbocycles. The second-order valence-electron chi connectivity index (χ2n) is 6.47. The molecule has 132 valence electrons. The fourth-order valence-corrected chi connectivity index (χ4v) is 3.27. The molecule has 3 rings (SSSR count). The summed E-state index contributed by atoms with van der Waals surface area (Å²) in [5, 5.41) is 0. The van der Waals surface area contributed by atoms with E-state index in [1.165, 1.54) is 6.08 Å². The van der Waals surface area contributed by atoms with Crippen LogP contribution >= 0.6 is 0 Å². The Morgan fingerprint density at radius 3 is 2.72 bits per heavy atom. The maximum atomic E-state index is 12.3. The van der Waals surface area contributed by atoms with E-state index >= 15 is 0 Å². The normalized spacial score (nSPS) is 32.1. The Labute approximate surface area is 145 Å². The highest BCUT2D eigenvalue weighted by Crippen LogP contribution is 2.40.